The topological polar surface area (TPSA) is 58.1 Å². The van der Waals surface area contributed by atoms with Crippen LogP contribution in [0.25, 0.3) is 0 Å². The van der Waals surface area contributed by atoms with E-state index < -0.39 is 0 Å². The number of amides is 1. The van der Waals surface area contributed by atoms with Crippen LogP contribution in [0.1, 0.15) is 46.3 Å². The van der Waals surface area contributed by atoms with Gasteiger partial charge in [0.2, 0.25) is 0 Å². The van der Waals surface area contributed by atoms with Gasteiger partial charge < -0.3 is 10.2 Å². The second-order valence-electron chi connectivity index (χ2n) is 6.83. The van der Waals surface area contributed by atoms with Crippen LogP contribution < -0.4 is 5.32 Å². The Labute approximate surface area is 149 Å². The zero-order chi connectivity index (χ0) is 17.6. The van der Waals surface area contributed by atoms with Gasteiger partial charge in [-0.2, -0.15) is 0 Å². The highest BCUT2D eigenvalue weighted by Crippen LogP contribution is 2.21. The largest absolute Gasteiger partial charge is 0.331 e. The molecular formula is C20H26N4O. The van der Waals surface area contributed by atoms with Gasteiger partial charge in [0.1, 0.15) is 6.33 Å². The van der Waals surface area contributed by atoms with E-state index in [0.29, 0.717) is 6.54 Å². The summed E-state index contributed by atoms with van der Waals surface area (Å²) in [6.45, 7) is 6.56. The van der Waals surface area contributed by atoms with Gasteiger partial charge in [-0.1, -0.05) is 17.7 Å². The average molecular weight is 338 g/mol. The van der Waals surface area contributed by atoms with Crippen molar-refractivity contribution in [2.24, 2.45) is 0 Å². The molecule has 1 N–H and O–H groups in total. The molecule has 0 spiro atoms. The van der Waals surface area contributed by atoms with Gasteiger partial charge in [-0.05, 0) is 57.8 Å². The SMILES string of the molecule is Cc1ccc(C)c(C(=O)N(Cc2cncnc2)[C@H]2CCCNCC2)c1. The summed E-state index contributed by atoms with van der Waals surface area (Å²) in [6, 6.07) is 6.32. The van der Waals surface area contributed by atoms with Gasteiger partial charge in [-0.3, -0.25) is 4.79 Å². The smallest absolute Gasteiger partial charge is 0.254 e. The fraction of sp³-hybridized carbons (Fsp3) is 0.450. The minimum atomic E-state index is 0.108. The van der Waals surface area contributed by atoms with Crippen LogP contribution >= 0.6 is 0 Å². The number of nitrogens with one attached hydrogen (secondary N) is 1. The van der Waals surface area contributed by atoms with Crippen molar-refractivity contribution in [3.05, 3.63) is 59.2 Å². The maximum Gasteiger partial charge on any atom is 0.254 e. The van der Waals surface area contributed by atoms with Crippen LogP contribution in [0.3, 0.4) is 0 Å². The van der Waals surface area contributed by atoms with Crippen molar-refractivity contribution in [3.63, 3.8) is 0 Å². The molecule has 5 heteroatoms. The minimum absolute atomic E-state index is 0.108. The Kier molecular flexibility index (Phi) is 5.76. The molecule has 1 amide bonds. The van der Waals surface area contributed by atoms with E-state index in [2.05, 4.69) is 21.4 Å². The Hall–Kier alpha value is -2.27. The first kappa shape index (κ1) is 17.5. The molecule has 1 atom stereocenters. The molecule has 0 saturated carbocycles. The molecule has 2 aromatic rings. The van der Waals surface area contributed by atoms with Crippen LogP contribution in [0, 0.1) is 13.8 Å². The molecule has 0 aliphatic carbocycles. The standard InChI is InChI=1S/C20H26N4O/c1-15-5-6-16(2)19(10-15)20(25)24(13-17-11-22-14-23-12-17)18-4-3-8-21-9-7-18/h5-6,10-12,14,18,21H,3-4,7-9,13H2,1-2H3/t18-/m0/s1. The Balaban J connectivity index is 1.91. The Morgan fingerprint density at radius 2 is 2.00 bits per heavy atom. The molecule has 1 aromatic heterocycles. The number of aromatic nitrogens is 2. The van der Waals surface area contributed by atoms with Gasteiger partial charge in [0.05, 0.1) is 0 Å². The van der Waals surface area contributed by atoms with Crippen molar-refractivity contribution in [1.82, 2.24) is 20.2 Å². The average Bonchev–Trinajstić information content (AvgIpc) is 2.91. The monoisotopic (exact) mass is 338 g/mol. The third-order valence-electron chi connectivity index (χ3n) is 4.84. The van der Waals surface area contributed by atoms with E-state index >= 15 is 0 Å². The maximum atomic E-state index is 13.4. The fourth-order valence-corrected chi connectivity index (χ4v) is 3.41. The highest BCUT2D eigenvalue weighted by Gasteiger charge is 2.26. The molecule has 3 rings (SSSR count). The molecule has 1 aliphatic rings. The summed E-state index contributed by atoms with van der Waals surface area (Å²) in [5, 5.41) is 3.43. The Morgan fingerprint density at radius 1 is 1.20 bits per heavy atom. The number of rotatable bonds is 4. The molecule has 1 aromatic carbocycles. The summed E-state index contributed by atoms with van der Waals surface area (Å²) in [5.41, 5.74) is 3.91. The van der Waals surface area contributed by atoms with E-state index in [1.807, 2.05) is 30.9 Å². The third kappa shape index (κ3) is 4.42. The number of carbonyl (C=O) groups is 1. The number of nitrogens with zero attached hydrogens (tertiary/aromatic N) is 3. The van der Waals surface area contributed by atoms with Crippen molar-refractivity contribution in [3.8, 4) is 0 Å². The van der Waals surface area contributed by atoms with Crippen molar-refractivity contribution < 1.29 is 4.79 Å². The summed E-state index contributed by atoms with van der Waals surface area (Å²) in [7, 11) is 0. The molecule has 2 heterocycles. The summed E-state index contributed by atoms with van der Waals surface area (Å²) in [6.07, 6.45) is 8.21. The quantitative estimate of drug-likeness (QED) is 0.931. The van der Waals surface area contributed by atoms with Crippen LogP contribution in [-0.2, 0) is 6.54 Å². The number of hydrogen-bond donors (Lipinski definition) is 1. The molecular weight excluding hydrogens is 312 g/mol. The molecule has 1 aliphatic heterocycles. The van der Waals surface area contributed by atoms with Crippen LogP contribution in [0.15, 0.2) is 36.9 Å². The van der Waals surface area contributed by atoms with Crippen LogP contribution in [0.2, 0.25) is 0 Å². The second kappa shape index (κ2) is 8.21. The van der Waals surface area contributed by atoms with Gasteiger partial charge in [-0.15, -0.1) is 0 Å². The number of carbonyl (C=O) groups excluding carboxylic acids is 1. The lowest BCUT2D eigenvalue weighted by Crippen LogP contribution is -2.40. The van der Waals surface area contributed by atoms with Crippen LogP contribution in [0.5, 0.6) is 0 Å². The molecule has 1 fully saturated rings. The molecule has 5 nitrogen and oxygen atoms in total. The van der Waals surface area contributed by atoms with E-state index in [-0.39, 0.29) is 11.9 Å². The summed E-state index contributed by atoms with van der Waals surface area (Å²) in [4.78, 5) is 23.6. The summed E-state index contributed by atoms with van der Waals surface area (Å²) >= 11 is 0. The number of benzene rings is 1. The summed E-state index contributed by atoms with van der Waals surface area (Å²) < 4.78 is 0. The molecule has 0 unspecified atom stereocenters. The molecule has 0 radical (unpaired) electrons. The lowest BCUT2D eigenvalue weighted by atomic mass is 10.0. The first-order valence-electron chi connectivity index (χ1n) is 8.98. The maximum absolute atomic E-state index is 13.4. The number of hydrogen-bond acceptors (Lipinski definition) is 4. The lowest BCUT2D eigenvalue weighted by Gasteiger charge is -2.32. The van der Waals surface area contributed by atoms with Gasteiger partial charge in [0.25, 0.3) is 5.91 Å². The van der Waals surface area contributed by atoms with Crippen molar-refractivity contribution in [1.29, 1.82) is 0 Å². The Morgan fingerprint density at radius 3 is 2.80 bits per heavy atom. The first-order valence-corrected chi connectivity index (χ1v) is 8.98. The first-order chi connectivity index (χ1) is 12.1. The fourth-order valence-electron chi connectivity index (χ4n) is 3.41. The van der Waals surface area contributed by atoms with Gasteiger partial charge in [0.15, 0.2) is 0 Å². The van der Waals surface area contributed by atoms with Crippen LogP contribution in [-0.4, -0.2) is 39.9 Å². The second-order valence-corrected chi connectivity index (χ2v) is 6.83. The van der Waals surface area contributed by atoms with E-state index in [0.717, 1.165) is 54.6 Å². The normalized spacial score (nSPS) is 17.8. The van der Waals surface area contributed by atoms with Gasteiger partial charge in [0, 0.05) is 36.1 Å². The number of aryl methyl sites for hydroxylation is 2. The predicted octanol–water partition coefficient (Wildman–Crippen LogP) is 2.88. The molecule has 1 saturated heterocycles. The van der Waals surface area contributed by atoms with Crippen molar-refractivity contribution >= 4 is 5.91 Å². The van der Waals surface area contributed by atoms with Crippen molar-refractivity contribution in [2.45, 2.75) is 45.7 Å². The van der Waals surface area contributed by atoms with E-state index in [1.54, 1.807) is 12.4 Å². The van der Waals surface area contributed by atoms with E-state index in [9.17, 15) is 4.79 Å². The van der Waals surface area contributed by atoms with Gasteiger partial charge >= 0.3 is 0 Å². The zero-order valence-corrected chi connectivity index (χ0v) is 15.0. The molecule has 132 valence electrons. The predicted molar refractivity (Wildman–Crippen MR) is 98.3 cm³/mol. The zero-order valence-electron chi connectivity index (χ0n) is 15.0. The Bertz CT molecular complexity index is 709. The minimum Gasteiger partial charge on any atom is -0.331 e. The summed E-state index contributed by atoms with van der Waals surface area (Å²) in [5.74, 6) is 0.108. The van der Waals surface area contributed by atoms with E-state index in [4.69, 9.17) is 0 Å². The highest BCUT2D eigenvalue weighted by molar-refractivity contribution is 5.96. The molecule has 0 bridgehead atoms. The third-order valence-corrected chi connectivity index (χ3v) is 4.84. The van der Waals surface area contributed by atoms with Gasteiger partial charge in [-0.25, -0.2) is 9.97 Å². The highest BCUT2D eigenvalue weighted by atomic mass is 16.2. The van der Waals surface area contributed by atoms with Crippen LogP contribution in [0.4, 0.5) is 0 Å². The van der Waals surface area contributed by atoms with E-state index in [1.165, 1.54) is 6.33 Å². The molecule has 25 heavy (non-hydrogen) atoms. The lowest BCUT2D eigenvalue weighted by molar-refractivity contribution is 0.0644. The van der Waals surface area contributed by atoms with Crippen molar-refractivity contribution in [2.75, 3.05) is 13.1 Å².